The Kier molecular flexibility index (Phi) is 68.6. The molecule has 0 atom stereocenters. The van der Waals surface area contributed by atoms with Gasteiger partial charge in [0.2, 0.25) is 5.91 Å². The Morgan fingerprint density at radius 1 is 1.00 bits per heavy atom. The van der Waals surface area contributed by atoms with Crippen molar-refractivity contribution >= 4 is 5.91 Å². The van der Waals surface area contributed by atoms with Gasteiger partial charge in [-0.25, -0.2) is 0 Å². The molecule has 0 aromatic carbocycles. The van der Waals surface area contributed by atoms with Crippen molar-refractivity contribution in [1.29, 1.82) is 0 Å². The molecule has 0 radical (unpaired) electrons. The van der Waals surface area contributed by atoms with E-state index in [0.717, 1.165) is 0 Å². The molecule has 124 valence electrons. The Morgan fingerprint density at radius 3 is 1.60 bits per heavy atom. The van der Waals surface area contributed by atoms with Crippen LogP contribution in [-0.4, -0.2) is 59.3 Å². The third-order valence-electron chi connectivity index (χ3n) is 1.06. The van der Waals surface area contributed by atoms with Gasteiger partial charge in [-0.3, -0.25) is 4.79 Å². The Bertz CT molecular complexity index is 125. The fourth-order valence-electron chi connectivity index (χ4n) is 0.556. The second-order valence-corrected chi connectivity index (χ2v) is 2.98. The Morgan fingerprint density at radius 2 is 1.35 bits per heavy atom. The van der Waals surface area contributed by atoms with Gasteiger partial charge in [0.15, 0.2) is 0 Å². The fourth-order valence-corrected chi connectivity index (χ4v) is 0.556. The van der Waals surface area contributed by atoms with Crippen molar-refractivity contribution in [3.05, 3.63) is 6.92 Å². The first kappa shape index (κ1) is 32.1. The van der Waals surface area contributed by atoms with Crippen molar-refractivity contribution in [3.63, 3.8) is 0 Å². The average Bonchev–Trinajstić information content (AvgIpc) is 2.36. The smallest absolute Gasteiger partial charge is 0.219 e. The van der Waals surface area contributed by atoms with E-state index in [9.17, 15) is 4.79 Å². The van der Waals surface area contributed by atoms with Crippen molar-refractivity contribution in [3.8, 4) is 0 Å². The van der Waals surface area contributed by atoms with Crippen LogP contribution in [0.4, 0.5) is 0 Å². The van der Waals surface area contributed by atoms with Gasteiger partial charge in [0, 0.05) is 54.6 Å². The number of carbonyl (C=O) groups is 1. The predicted octanol–water partition coefficient (Wildman–Crippen LogP) is 0.0926. The van der Waals surface area contributed by atoms with E-state index < -0.39 is 0 Å². The van der Waals surface area contributed by atoms with Gasteiger partial charge in [-0.15, -0.1) is 0 Å². The van der Waals surface area contributed by atoms with Crippen LogP contribution >= 0.6 is 0 Å². The molecular weight excluding hydrogens is 298 g/mol. The number of aliphatic hydroxyl groups is 4. The maximum absolute atomic E-state index is 10.7. The molecule has 5 N–H and O–H groups in total. The zero-order chi connectivity index (χ0) is 15.9. The van der Waals surface area contributed by atoms with Crippen LogP contribution in [0, 0.1) is 6.92 Å². The monoisotopic (exact) mass is 330 g/mol. The summed E-state index contributed by atoms with van der Waals surface area (Å²) in [6.07, 6.45) is 1.67. The molecule has 6 nitrogen and oxygen atoms in total. The summed E-state index contributed by atoms with van der Waals surface area (Å²) in [4.78, 5) is 10.7. The summed E-state index contributed by atoms with van der Waals surface area (Å²) in [7, 11) is 0. The molecule has 0 spiro atoms. The molecule has 0 unspecified atom stereocenters. The molecule has 0 bridgehead atoms. The molecule has 1 amide bonds. The summed E-state index contributed by atoms with van der Waals surface area (Å²) < 4.78 is 0. The molecule has 0 heterocycles. The molecular formula is C13H32NO5Ti-. The second-order valence-electron chi connectivity index (χ2n) is 2.98. The van der Waals surface area contributed by atoms with Crippen molar-refractivity contribution in [2.24, 2.45) is 0 Å². The van der Waals surface area contributed by atoms with Crippen molar-refractivity contribution in [2.45, 2.75) is 40.0 Å². The fraction of sp³-hybridized carbons (Fsp3) is 0.846. The zero-order valence-electron chi connectivity index (χ0n) is 13.1. The molecule has 0 saturated carbocycles. The molecule has 0 saturated heterocycles. The summed E-state index contributed by atoms with van der Waals surface area (Å²) in [5, 5.41) is 33.7. The Labute approximate surface area is 138 Å². The van der Waals surface area contributed by atoms with E-state index in [1.807, 2.05) is 0 Å². The number of carbonyl (C=O) groups excluding carboxylic acids is 1. The standard InChI is InChI=1S/C7H14NO2.3C2H6O.Ti/c1-2-5-8-7(10)4-3-6-9;3*1-2-3;/h9H,1-6H2,(H,8,10);3*3H,2H2,1H3;/q-1;;;;. The zero-order valence-corrected chi connectivity index (χ0v) is 14.6. The van der Waals surface area contributed by atoms with E-state index in [2.05, 4.69) is 12.2 Å². The van der Waals surface area contributed by atoms with E-state index in [1.54, 1.807) is 20.8 Å². The molecule has 0 rings (SSSR count). The summed E-state index contributed by atoms with van der Waals surface area (Å²) in [6.45, 7) is 10.1. The molecule has 0 aromatic rings. The van der Waals surface area contributed by atoms with E-state index in [-0.39, 0.29) is 54.1 Å². The van der Waals surface area contributed by atoms with Gasteiger partial charge >= 0.3 is 0 Å². The van der Waals surface area contributed by atoms with Crippen LogP contribution in [0.2, 0.25) is 0 Å². The van der Waals surface area contributed by atoms with E-state index in [1.165, 1.54) is 0 Å². The molecule has 0 aliphatic rings. The third-order valence-corrected chi connectivity index (χ3v) is 1.06. The van der Waals surface area contributed by atoms with Crippen LogP contribution in [0.15, 0.2) is 0 Å². The quantitative estimate of drug-likeness (QED) is 0.363. The molecule has 20 heavy (non-hydrogen) atoms. The van der Waals surface area contributed by atoms with Gasteiger partial charge in [0.05, 0.1) is 0 Å². The molecule has 0 aliphatic heterocycles. The Hall–Kier alpha value is 0.0243. The van der Waals surface area contributed by atoms with Crippen LogP contribution in [0.1, 0.15) is 40.0 Å². The maximum Gasteiger partial charge on any atom is 0.219 e. The second kappa shape index (κ2) is 42.7. The van der Waals surface area contributed by atoms with Gasteiger partial charge < -0.3 is 32.7 Å². The third kappa shape index (κ3) is 81.1. The predicted molar refractivity (Wildman–Crippen MR) is 77.6 cm³/mol. The van der Waals surface area contributed by atoms with Crippen LogP contribution in [0.5, 0.6) is 0 Å². The van der Waals surface area contributed by atoms with Crippen molar-refractivity contribution in [2.75, 3.05) is 33.0 Å². The summed E-state index contributed by atoms with van der Waals surface area (Å²) >= 11 is 0. The molecule has 0 fully saturated rings. The van der Waals surface area contributed by atoms with Gasteiger partial charge in [0.1, 0.15) is 0 Å². The van der Waals surface area contributed by atoms with E-state index in [0.29, 0.717) is 25.8 Å². The molecule has 0 aromatic heterocycles. The van der Waals surface area contributed by atoms with Crippen LogP contribution < -0.4 is 5.32 Å². The first-order chi connectivity index (χ1) is 9.05. The van der Waals surface area contributed by atoms with Gasteiger partial charge in [0.25, 0.3) is 0 Å². The van der Waals surface area contributed by atoms with E-state index >= 15 is 0 Å². The van der Waals surface area contributed by atoms with Gasteiger partial charge in [-0.05, 0) is 33.7 Å². The van der Waals surface area contributed by atoms with Crippen molar-refractivity contribution < 1.29 is 46.9 Å². The topological polar surface area (TPSA) is 110 Å². The number of aliphatic hydroxyl groups excluding tert-OH is 4. The SMILES string of the molecule is CCO.CCO.CCO.[CH2-]CCNC(=O)CCCO.[Ti]. The number of amides is 1. The average molecular weight is 330 g/mol. The van der Waals surface area contributed by atoms with Crippen LogP contribution in [0.25, 0.3) is 0 Å². The number of hydrogen-bond donors (Lipinski definition) is 5. The first-order valence-corrected chi connectivity index (χ1v) is 6.55. The van der Waals surface area contributed by atoms with Gasteiger partial charge in [-0.1, -0.05) is 0 Å². The van der Waals surface area contributed by atoms with Crippen LogP contribution in [-0.2, 0) is 26.5 Å². The molecule has 0 aliphatic carbocycles. The summed E-state index contributed by atoms with van der Waals surface area (Å²) in [5.74, 6) is -0.00213. The van der Waals surface area contributed by atoms with E-state index in [4.69, 9.17) is 20.4 Å². The molecule has 7 heteroatoms. The number of nitrogens with one attached hydrogen (secondary N) is 1. The minimum absolute atomic E-state index is 0. The first-order valence-electron chi connectivity index (χ1n) is 6.55. The normalized spacial score (nSPS) is 7.40. The largest absolute Gasteiger partial charge is 0.397 e. The number of hydrogen-bond acceptors (Lipinski definition) is 5. The summed E-state index contributed by atoms with van der Waals surface area (Å²) in [5.41, 5.74) is 0. The Balaban J connectivity index is -0.0000000626. The maximum atomic E-state index is 10.7. The van der Waals surface area contributed by atoms with Crippen LogP contribution in [0.3, 0.4) is 0 Å². The minimum atomic E-state index is -0.00213. The minimum Gasteiger partial charge on any atom is -0.397 e. The number of rotatable bonds is 5. The summed E-state index contributed by atoms with van der Waals surface area (Å²) in [6, 6.07) is 0. The van der Waals surface area contributed by atoms with Gasteiger partial charge in [-0.2, -0.15) is 6.42 Å². The van der Waals surface area contributed by atoms with Crippen molar-refractivity contribution in [1.82, 2.24) is 5.32 Å².